The van der Waals surface area contributed by atoms with Crippen molar-refractivity contribution in [2.75, 3.05) is 11.4 Å². The third-order valence-corrected chi connectivity index (χ3v) is 4.68. The van der Waals surface area contributed by atoms with Crippen LogP contribution in [0.5, 0.6) is 0 Å². The van der Waals surface area contributed by atoms with Crippen molar-refractivity contribution in [3.05, 3.63) is 17.5 Å². The van der Waals surface area contributed by atoms with E-state index in [0.29, 0.717) is 17.0 Å². The molecule has 2 aromatic heterocycles. The molecule has 1 aliphatic carbocycles. The fourth-order valence-corrected chi connectivity index (χ4v) is 3.88. The van der Waals surface area contributed by atoms with Crippen LogP contribution in [0.15, 0.2) is 12.4 Å². The van der Waals surface area contributed by atoms with Crippen molar-refractivity contribution in [3.63, 3.8) is 0 Å². The minimum Gasteiger partial charge on any atom is -0.353 e. The van der Waals surface area contributed by atoms with E-state index < -0.39 is 0 Å². The Balaban J connectivity index is 1.82. The Morgan fingerprint density at radius 2 is 2.11 bits per heavy atom. The molecule has 2 aromatic rings. The highest BCUT2D eigenvalue weighted by atomic mass is 35.5. The van der Waals surface area contributed by atoms with Crippen molar-refractivity contribution >= 4 is 23.2 Å². The number of anilines is 1. The molecule has 0 bridgehead atoms. The first-order valence-corrected chi connectivity index (χ1v) is 7.33. The molecular weight excluding hydrogens is 262 g/mol. The summed E-state index contributed by atoms with van der Waals surface area (Å²) in [6.07, 6.45) is 8.13. The van der Waals surface area contributed by atoms with Gasteiger partial charge in [0.25, 0.3) is 5.78 Å². The van der Waals surface area contributed by atoms with Crippen LogP contribution in [0, 0.1) is 5.92 Å². The second-order valence-electron chi connectivity index (χ2n) is 5.50. The molecular formula is C13H16ClN5. The minimum absolute atomic E-state index is 0.496. The predicted molar refractivity (Wildman–Crippen MR) is 73.5 cm³/mol. The first-order chi connectivity index (χ1) is 9.33. The summed E-state index contributed by atoms with van der Waals surface area (Å²) in [7, 11) is 0. The summed E-state index contributed by atoms with van der Waals surface area (Å²) in [6, 6.07) is 2.56. The lowest BCUT2D eigenvalue weighted by Gasteiger charge is -2.39. The van der Waals surface area contributed by atoms with E-state index in [4.69, 9.17) is 11.6 Å². The van der Waals surface area contributed by atoms with Crippen LogP contribution in [0.2, 0.25) is 5.15 Å². The maximum absolute atomic E-state index is 6.12. The van der Waals surface area contributed by atoms with Gasteiger partial charge in [0.1, 0.15) is 17.3 Å². The van der Waals surface area contributed by atoms with Crippen molar-refractivity contribution < 1.29 is 0 Å². The van der Waals surface area contributed by atoms with Gasteiger partial charge in [-0.25, -0.2) is 0 Å². The van der Waals surface area contributed by atoms with Crippen LogP contribution in [0.1, 0.15) is 32.1 Å². The average molecular weight is 278 g/mol. The lowest BCUT2D eigenvalue weighted by molar-refractivity contribution is 0.359. The molecule has 1 saturated carbocycles. The van der Waals surface area contributed by atoms with Gasteiger partial charge in [0.05, 0.1) is 0 Å². The number of hydrogen-bond donors (Lipinski definition) is 0. The zero-order valence-electron chi connectivity index (χ0n) is 10.7. The van der Waals surface area contributed by atoms with E-state index in [1.807, 2.05) is 10.6 Å². The molecule has 4 rings (SSSR count). The highest BCUT2D eigenvalue weighted by Gasteiger charge is 2.36. The monoisotopic (exact) mass is 277 g/mol. The molecule has 1 saturated heterocycles. The number of rotatable bonds is 1. The Labute approximate surface area is 116 Å². The van der Waals surface area contributed by atoms with Gasteiger partial charge in [0, 0.05) is 18.7 Å². The van der Waals surface area contributed by atoms with Crippen LogP contribution in [-0.2, 0) is 0 Å². The van der Waals surface area contributed by atoms with Crippen LogP contribution in [-0.4, -0.2) is 32.2 Å². The molecule has 2 unspecified atom stereocenters. The highest BCUT2D eigenvalue weighted by molar-refractivity contribution is 6.29. The van der Waals surface area contributed by atoms with Crippen LogP contribution in [0.3, 0.4) is 0 Å². The SMILES string of the molecule is Clc1cc(N2CCCC3CCCC32)n2ncnc2n1. The molecule has 5 nitrogen and oxygen atoms in total. The topological polar surface area (TPSA) is 46.3 Å². The Morgan fingerprint density at radius 1 is 1.21 bits per heavy atom. The van der Waals surface area contributed by atoms with E-state index in [1.165, 1.54) is 38.4 Å². The van der Waals surface area contributed by atoms with E-state index in [2.05, 4.69) is 20.0 Å². The van der Waals surface area contributed by atoms with Gasteiger partial charge in [-0.2, -0.15) is 19.6 Å². The van der Waals surface area contributed by atoms with Crippen LogP contribution < -0.4 is 4.90 Å². The molecule has 19 heavy (non-hydrogen) atoms. The summed E-state index contributed by atoms with van der Waals surface area (Å²) >= 11 is 6.12. The predicted octanol–water partition coefficient (Wildman–Crippen LogP) is 2.55. The zero-order valence-corrected chi connectivity index (χ0v) is 11.4. The molecule has 3 heterocycles. The maximum Gasteiger partial charge on any atom is 0.255 e. The normalized spacial score (nSPS) is 26.9. The van der Waals surface area contributed by atoms with Gasteiger partial charge in [0.2, 0.25) is 0 Å². The van der Waals surface area contributed by atoms with Gasteiger partial charge >= 0.3 is 0 Å². The molecule has 100 valence electrons. The van der Waals surface area contributed by atoms with Crippen molar-refractivity contribution in [1.82, 2.24) is 19.6 Å². The van der Waals surface area contributed by atoms with Crippen molar-refractivity contribution in [3.8, 4) is 0 Å². The first kappa shape index (κ1) is 11.5. The molecule has 0 amide bonds. The van der Waals surface area contributed by atoms with Crippen LogP contribution in [0.4, 0.5) is 5.82 Å². The zero-order chi connectivity index (χ0) is 12.8. The molecule has 2 fully saturated rings. The molecule has 0 N–H and O–H groups in total. The number of hydrogen-bond acceptors (Lipinski definition) is 4. The van der Waals surface area contributed by atoms with Gasteiger partial charge in [-0.05, 0) is 31.6 Å². The van der Waals surface area contributed by atoms with Crippen LogP contribution >= 0.6 is 11.6 Å². The molecule has 2 aliphatic rings. The Morgan fingerprint density at radius 3 is 3.05 bits per heavy atom. The molecule has 0 spiro atoms. The largest absolute Gasteiger partial charge is 0.353 e. The third-order valence-electron chi connectivity index (χ3n) is 4.49. The van der Waals surface area contributed by atoms with Gasteiger partial charge in [-0.15, -0.1) is 0 Å². The third kappa shape index (κ3) is 1.79. The molecule has 1 aliphatic heterocycles. The lowest BCUT2D eigenvalue weighted by Crippen LogP contribution is -2.43. The summed E-state index contributed by atoms with van der Waals surface area (Å²) in [5.41, 5.74) is 0. The second kappa shape index (κ2) is 4.34. The van der Waals surface area contributed by atoms with Gasteiger partial charge < -0.3 is 4.90 Å². The quantitative estimate of drug-likeness (QED) is 0.752. The standard InChI is InChI=1S/C13H16ClN5/c14-11-7-12(19-13(17-11)15-8-16-19)18-6-2-4-9-3-1-5-10(9)18/h7-10H,1-6H2. The van der Waals surface area contributed by atoms with Gasteiger partial charge in [-0.1, -0.05) is 18.0 Å². The van der Waals surface area contributed by atoms with E-state index in [-0.39, 0.29) is 0 Å². The fraction of sp³-hybridized carbons (Fsp3) is 0.615. The number of nitrogens with zero attached hydrogens (tertiary/aromatic N) is 5. The molecule has 6 heteroatoms. The molecule has 0 radical (unpaired) electrons. The highest BCUT2D eigenvalue weighted by Crippen LogP contribution is 2.39. The van der Waals surface area contributed by atoms with Crippen molar-refractivity contribution in [1.29, 1.82) is 0 Å². The first-order valence-electron chi connectivity index (χ1n) is 6.96. The van der Waals surface area contributed by atoms with Gasteiger partial charge in [-0.3, -0.25) is 0 Å². The Bertz CT molecular complexity index is 610. The van der Waals surface area contributed by atoms with E-state index in [0.717, 1.165) is 18.3 Å². The smallest absolute Gasteiger partial charge is 0.255 e. The Hall–Kier alpha value is -1.36. The number of piperidine rings is 1. The van der Waals surface area contributed by atoms with Crippen LogP contribution in [0.25, 0.3) is 5.78 Å². The molecule has 0 aromatic carbocycles. The summed E-state index contributed by atoms with van der Waals surface area (Å²) in [5, 5.41) is 4.79. The van der Waals surface area contributed by atoms with Crippen molar-refractivity contribution in [2.45, 2.75) is 38.1 Å². The van der Waals surface area contributed by atoms with Gasteiger partial charge in [0.15, 0.2) is 0 Å². The minimum atomic E-state index is 0.496. The number of fused-ring (bicyclic) bond motifs is 2. The summed E-state index contributed by atoms with van der Waals surface area (Å²) in [6.45, 7) is 1.08. The lowest BCUT2D eigenvalue weighted by atomic mass is 9.92. The Kier molecular flexibility index (Phi) is 2.62. The summed E-state index contributed by atoms with van der Waals surface area (Å²) in [5.74, 6) is 2.46. The second-order valence-corrected chi connectivity index (χ2v) is 5.89. The number of halogens is 1. The molecule has 2 atom stereocenters. The maximum atomic E-state index is 6.12. The summed E-state index contributed by atoms with van der Waals surface area (Å²) < 4.78 is 1.81. The number of aromatic nitrogens is 4. The van der Waals surface area contributed by atoms with E-state index in [9.17, 15) is 0 Å². The summed E-state index contributed by atoms with van der Waals surface area (Å²) in [4.78, 5) is 10.8. The van der Waals surface area contributed by atoms with E-state index >= 15 is 0 Å². The van der Waals surface area contributed by atoms with E-state index in [1.54, 1.807) is 0 Å². The van der Waals surface area contributed by atoms with Crippen molar-refractivity contribution in [2.24, 2.45) is 5.92 Å². The average Bonchev–Trinajstić information content (AvgIpc) is 3.04. The fourth-order valence-electron chi connectivity index (χ4n) is 3.71.